The summed E-state index contributed by atoms with van der Waals surface area (Å²) in [7, 11) is -3.48. The molecule has 1 fully saturated rings. The molecule has 3 N–H and O–H groups in total. The quantitative estimate of drug-likeness (QED) is 0.835. The average molecular weight is 289 g/mol. The van der Waals surface area contributed by atoms with Gasteiger partial charge in [-0.1, -0.05) is 18.0 Å². The molecule has 0 bridgehead atoms. The summed E-state index contributed by atoms with van der Waals surface area (Å²) in [5.74, 6) is 0.477. The summed E-state index contributed by atoms with van der Waals surface area (Å²) in [5, 5.41) is 0.410. The van der Waals surface area contributed by atoms with Crippen molar-refractivity contribution in [3.05, 3.63) is 22.7 Å². The minimum atomic E-state index is -3.48. The van der Waals surface area contributed by atoms with Gasteiger partial charge >= 0.3 is 0 Å². The van der Waals surface area contributed by atoms with Crippen LogP contribution in [0.2, 0.25) is 5.02 Å². The highest BCUT2D eigenvalue weighted by Gasteiger charge is 2.22. The van der Waals surface area contributed by atoms with Crippen LogP contribution >= 0.6 is 11.6 Å². The smallest absolute Gasteiger partial charge is 0.240 e. The molecule has 0 spiro atoms. The number of halogens is 1. The molecule has 100 valence electrons. The van der Waals surface area contributed by atoms with Gasteiger partial charge in [-0.2, -0.15) is 0 Å². The monoisotopic (exact) mass is 288 g/mol. The van der Waals surface area contributed by atoms with Crippen molar-refractivity contribution >= 4 is 27.3 Å². The molecule has 0 amide bonds. The summed E-state index contributed by atoms with van der Waals surface area (Å²) in [6.45, 7) is 2.24. The van der Waals surface area contributed by atoms with Crippen molar-refractivity contribution in [3.63, 3.8) is 0 Å². The van der Waals surface area contributed by atoms with E-state index in [-0.39, 0.29) is 4.90 Å². The molecule has 1 aromatic carbocycles. The molecule has 0 saturated heterocycles. The Morgan fingerprint density at radius 2 is 2.11 bits per heavy atom. The van der Waals surface area contributed by atoms with E-state index in [1.165, 1.54) is 12.5 Å². The molecule has 1 aromatic rings. The molecule has 0 aromatic heterocycles. The van der Waals surface area contributed by atoms with Crippen LogP contribution in [0.4, 0.5) is 5.69 Å². The minimum absolute atomic E-state index is 0.182. The predicted molar refractivity (Wildman–Crippen MR) is 73.1 cm³/mol. The van der Waals surface area contributed by atoms with Gasteiger partial charge in [0.05, 0.1) is 15.6 Å². The highest BCUT2D eigenvalue weighted by atomic mass is 35.5. The first kappa shape index (κ1) is 13.6. The standard InChI is InChI=1S/C12H17ClN2O2S/c1-8-5-10(6-11(14)12(8)13)18(16,17)15-7-9-3-2-4-9/h5-6,9,15H,2-4,7,14H2,1H3. The van der Waals surface area contributed by atoms with Gasteiger partial charge in [0, 0.05) is 6.54 Å². The maximum atomic E-state index is 12.1. The zero-order valence-electron chi connectivity index (χ0n) is 10.2. The summed E-state index contributed by atoms with van der Waals surface area (Å²) < 4.78 is 26.8. The Labute approximate surface area is 113 Å². The molecule has 0 aliphatic heterocycles. The molecule has 1 saturated carbocycles. The van der Waals surface area contributed by atoms with Crippen LogP contribution in [0.15, 0.2) is 17.0 Å². The van der Waals surface area contributed by atoms with Crippen LogP contribution in [0, 0.1) is 12.8 Å². The Hall–Kier alpha value is -0.780. The van der Waals surface area contributed by atoms with Crippen LogP contribution in [0.25, 0.3) is 0 Å². The van der Waals surface area contributed by atoms with E-state index >= 15 is 0 Å². The van der Waals surface area contributed by atoms with Crippen LogP contribution in [0.5, 0.6) is 0 Å². The van der Waals surface area contributed by atoms with Crippen molar-refractivity contribution in [1.29, 1.82) is 0 Å². The van der Waals surface area contributed by atoms with E-state index in [1.807, 2.05) is 0 Å². The maximum absolute atomic E-state index is 12.1. The molecule has 0 radical (unpaired) electrons. The lowest BCUT2D eigenvalue weighted by Crippen LogP contribution is -2.32. The van der Waals surface area contributed by atoms with E-state index in [9.17, 15) is 8.42 Å². The SMILES string of the molecule is Cc1cc(S(=O)(=O)NCC2CCC2)cc(N)c1Cl. The van der Waals surface area contributed by atoms with Gasteiger partial charge in [-0.25, -0.2) is 13.1 Å². The van der Waals surface area contributed by atoms with Crippen LogP contribution in [-0.2, 0) is 10.0 Å². The predicted octanol–water partition coefficient (Wildman–Crippen LogP) is 2.31. The number of sulfonamides is 1. The van der Waals surface area contributed by atoms with Gasteiger partial charge < -0.3 is 5.73 Å². The third-order valence-corrected chi connectivity index (χ3v) is 5.27. The average Bonchev–Trinajstić information content (AvgIpc) is 2.22. The molecular weight excluding hydrogens is 272 g/mol. The number of rotatable bonds is 4. The topological polar surface area (TPSA) is 72.2 Å². The first-order valence-electron chi connectivity index (χ1n) is 5.95. The number of anilines is 1. The fourth-order valence-electron chi connectivity index (χ4n) is 1.93. The second-order valence-electron chi connectivity index (χ2n) is 4.79. The zero-order valence-corrected chi connectivity index (χ0v) is 11.8. The summed E-state index contributed by atoms with van der Waals surface area (Å²) in [6.07, 6.45) is 3.40. The lowest BCUT2D eigenvalue weighted by Gasteiger charge is -2.25. The molecule has 6 heteroatoms. The summed E-state index contributed by atoms with van der Waals surface area (Å²) in [4.78, 5) is 0.182. The van der Waals surface area contributed by atoms with Gasteiger partial charge in [0.25, 0.3) is 0 Å². The van der Waals surface area contributed by atoms with Crippen molar-refractivity contribution in [2.75, 3.05) is 12.3 Å². The highest BCUT2D eigenvalue weighted by Crippen LogP contribution is 2.28. The largest absolute Gasteiger partial charge is 0.397 e. The second kappa shape index (κ2) is 5.07. The third kappa shape index (κ3) is 2.79. The zero-order chi connectivity index (χ0) is 13.3. The Balaban J connectivity index is 2.18. The van der Waals surface area contributed by atoms with Crippen molar-refractivity contribution in [2.24, 2.45) is 5.92 Å². The first-order chi connectivity index (χ1) is 8.40. The van der Waals surface area contributed by atoms with Crippen molar-refractivity contribution in [3.8, 4) is 0 Å². The Bertz CT molecular complexity index is 530. The van der Waals surface area contributed by atoms with Crippen LogP contribution in [0.3, 0.4) is 0 Å². The van der Waals surface area contributed by atoms with Crippen LogP contribution < -0.4 is 10.5 Å². The Morgan fingerprint density at radius 1 is 1.44 bits per heavy atom. The van der Waals surface area contributed by atoms with E-state index < -0.39 is 10.0 Å². The first-order valence-corrected chi connectivity index (χ1v) is 7.81. The molecular formula is C12H17ClN2O2S. The molecule has 0 atom stereocenters. The van der Waals surface area contributed by atoms with Crippen LogP contribution in [0.1, 0.15) is 24.8 Å². The fraction of sp³-hybridized carbons (Fsp3) is 0.500. The summed E-state index contributed by atoms with van der Waals surface area (Å²) in [5.41, 5.74) is 6.65. The lowest BCUT2D eigenvalue weighted by atomic mass is 9.86. The van der Waals surface area contributed by atoms with E-state index in [4.69, 9.17) is 17.3 Å². The second-order valence-corrected chi connectivity index (χ2v) is 6.94. The van der Waals surface area contributed by atoms with Gasteiger partial charge in [-0.05, 0) is 43.4 Å². The van der Waals surface area contributed by atoms with E-state index in [0.717, 1.165) is 12.8 Å². The number of nitrogens with two attached hydrogens (primary N) is 1. The molecule has 1 aliphatic rings. The number of nitrogen functional groups attached to an aromatic ring is 1. The van der Waals surface area contributed by atoms with Gasteiger partial charge in [0.15, 0.2) is 0 Å². The minimum Gasteiger partial charge on any atom is -0.397 e. The fourth-order valence-corrected chi connectivity index (χ4v) is 3.27. The normalized spacial score (nSPS) is 16.6. The number of aryl methyl sites for hydroxylation is 1. The molecule has 2 rings (SSSR count). The molecule has 0 unspecified atom stereocenters. The molecule has 18 heavy (non-hydrogen) atoms. The molecule has 1 aliphatic carbocycles. The molecule has 0 heterocycles. The lowest BCUT2D eigenvalue weighted by molar-refractivity contribution is 0.316. The van der Waals surface area contributed by atoms with Gasteiger partial charge in [-0.3, -0.25) is 0 Å². The third-order valence-electron chi connectivity index (χ3n) is 3.35. The number of hydrogen-bond acceptors (Lipinski definition) is 3. The van der Waals surface area contributed by atoms with Crippen molar-refractivity contribution in [2.45, 2.75) is 31.1 Å². The van der Waals surface area contributed by atoms with Crippen molar-refractivity contribution < 1.29 is 8.42 Å². The summed E-state index contributed by atoms with van der Waals surface area (Å²) in [6, 6.07) is 2.94. The van der Waals surface area contributed by atoms with Gasteiger partial charge in [0.1, 0.15) is 0 Å². The Kier molecular flexibility index (Phi) is 3.84. The molecule has 4 nitrogen and oxygen atoms in total. The maximum Gasteiger partial charge on any atom is 0.240 e. The number of benzene rings is 1. The van der Waals surface area contributed by atoms with E-state index in [2.05, 4.69) is 4.72 Å². The Morgan fingerprint density at radius 3 is 2.61 bits per heavy atom. The highest BCUT2D eigenvalue weighted by molar-refractivity contribution is 7.89. The number of hydrogen-bond donors (Lipinski definition) is 2. The van der Waals surface area contributed by atoms with Crippen molar-refractivity contribution in [1.82, 2.24) is 4.72 Å². The summed E-state index contributed by atoms with van der Waals surface area (Å²) >= 11 is 5.92. The van der Waals surface area contributed by atoms with Gasteiger partial charge in [-0.15, -0.1) is 0 Å². The van der Waals surface area contributed by atoms with E-state index in [1.54, 1.807) is 13.0 Å². The van der Waals surface area contributed by atoms with Gasteiger partial charge in [0.2, 0.25) is 10.0 Å². The van der Waals surface area contributed by atoms with Crippen LogP contribution in [-0.4, -0.2) is 15.0 Å². The number of nitrogens with one attached hydrogen (secondary N) is 1. The van der Waals surface area contributed by atoms with E-state index in [0.29, 0.717) is 28.7 Å².